The molecule has 0 saturated carbocycles. The van der Waals surface area contributed by atoms with Gasteiger partial charge in [-0.1, -0.05) is 18.2 Å². The Bertz CT molecular complexity index is 1100. The third-order valence-corrected chi connectivity index (χ3v) is 6.94. The Kier molecular flexibility index (Phi) is 8.65. The van der Waals surface area contributed by atoms with Crippen LogP contribution in [0, 0.1) is 0 Å². The topological polar surface area (TPSA) is 122 Å². The van der Waals surface area contributed by atoms with Crippen molar-refractivity contribution in [3.63, 3.8) is 0 Å². The summed E-state index contributed by atoms with van der Waals surface area (Å²) in [6, 6.07) is 13.1. The van der Waals surface area contributed by atoms with Crippen molar-refractivity contribution in [2.45, 2.75) is 37.1 Å². The van der Waals surface area contributed by atoms with Gasteiger partial charge in [0.2, 0.25) is 21.8 Å². The SMILES string of the molecule is COc1ccc(CCC(=O)N2CCCN(C(C)C(=O)Nc3cccc(S(N)(=O)=O)c3)CC2)cc1. The van der Waals surface area contributed by atoms with Gasteiger partial charge in [-0.2, -0.15) is 0 Å². The summed E-state index contributed by atoms with van der Waals surface area (Å²) in [5.74, 6) is 0.651. The number of ether oxygens (including phenoxy) is 1. The zero-order valence-corrected chi connectivity index (χ0v) is 20.4. The number of hydrogen-bond acceptors (Lipinski definition) is 6. The number of aryl methyl sites for hydroxylation is 1. The number of methoxy groups -OCH3 is 1. The molecule has 0 bridgehead atoms. The molecule has 2 aromatic rings. The Morgan fingerprint density at radius 2 is 1.82 bits per heavy atom. The Morgan fingerprint density at radius 1 is 1.09 bits per heavy atom. The van der Waals surface area contributed by atoms with Crippen LogP contribution < -0.4 is 15.2 Å². The number of sulfonamides is 1. The van der Waals surface area contributed by atoms with E-state index in [1.807, 2.05) is 34.1 Å². The maximum atomic E-state index is 12.8. The van der Waals surface area contributed by atoms with Crippen LogP contribution in [-0.4, -0.2) is 69.4 Å². The van der Waals surface area contributed by atoms with Gasteiger partial charge >= 0.3 is 0 Å². The van der Waals surface area contributed by atoms with Gasteiger partial charge in [-0.25, -0.2) is 13.6 Å². The monoisotopic (exact) mass is 488 g/mol. The molecule has 3 rings (SSSR count). The van der Waals surface area contributed by atoms with E-state index in [4.69, 9.17) is 9.88 Å². The lowest BCUT2D eigenvalue weighted by molar-refractivity contribution is -0.131. The molecule has 34 heavy (non-hydrogen) atoms. The minimum absolute atomic E-state index is 0.0588. The first-order chi connectivity index (χ1) is 16.2. The number of amides is 2. The number of nitrogens with one attached hydrogen (secondary N) is 1. The van der Waals surface area contributed by atoms with E-state index in [1.165, 1.54) is 18.2 Å². The zero-order chi connectivity index (χ0) is 24.7. The summed E-state index contributed by atoms with van der Waals surface area (Å²) >= 11 is 0. The van der Waals surface area contributed by atoms with Crippen LogP contribution in [0.2, 0.25) is 0 Å². The second-order valence-corrected chi connectivity index (χ2v) is 9.92. The number of nitrogens with zero attached hydrogens (tertiary/aromatic N) is 2. The Hall–Kier alpha value is -2.95. The average molecular weight is 489 g/mol. The predicted octanol–water partition coefficient (Wildman–Crippen LogP) is 1.84. The van der Waals surface area contributed by atoms with Crippen molar-refractivity contribution >= 4 is 27.5 Å². The third-order valence-electron chi connectivity index (χ3n) is 6.03. The van der Waals surface area contributed by atoms with Gasteiger partial charge in [0.15, 0.2) is 0 Å². The number of nitrogens with two attached hydrogens (primary N) is 1. The van der Waals surface area contributed by atoms with Crippen LogP contribution in [0.15, 0.2) is 53.4 Å². The van der Waals surface area contributed by atoms with Crippen LogP contribution in [0.25, 0.3) is 0 Å². The van der Waals surface area contributed by atoms with Crippen molar-refractivity contribution in [2.75, 3.05) is 38.6 Å². The predicted molar refractivity (Wildman–Crippen MR) is 130 cm³/mol. The fourth-order valence-corrected chi connectivity index (χ4v) is 4.50. The number of benzene rings is 2. The number of anilines is 1. The van der Waals surface area contributed by atoms with E-state index in [0.29, 0.717) is 44.7 Å². The molecule has 1 fully saturated rings. The molecule has 1 unspecified atom stereocenters. The second kappa shape index (κ2) is 11.5. The molecule has 1 aliphatic rings. The summed E-state index contributed by atoms with van der Waals surface area (Å²) < 4.78 is 28.3. The molecule has 10 heteroatoms. The minimum Gasteiger partial charge on any atom is -0.497 e. The number of hydrogen-bond donors (Lipinski definition) is 2. The molecular weight excluding hydrogens is 456 g/mol. The van der Waals surface area contributed by atoms with Gasteiger partial charge in [0.05, 0.1) is 18.0 Å². The van der Waals surface area contributed by atoms with Crippen molar-refractivity contribution in [2.24, 2.45) is 5.14 Å². The van der Waals surface area contributed by atoms with Gasteiger partial charge in [-0.05, 0) is 55.7 Å². The first kappa shape index (κ1) is 25.7. The van der Waals surface area contributed by atoms with Gasteiger partial charge in [-0.3, -0.25) is 14.5 Å². The highest BCUT2D eigenvalue weighted by Crippen LogP contribution is 2.17. The smallest absolute Gasteiger partial charge is 0.241 e. The third kappa shape index (κ3) is 7.02. The van der Waals surface area contributed by atoms with Crippen molar-refractivity contribution in [3.8, 4) is 5.75 Å². The summed E-state index contributed by atoms with van der Waals surface area (Å²) in [4.78, 5) is 29.4. The highest BCUT2D eigenvalue weighted by Gasteiger charge is 2.26. The van der Waals surface area contributed by atoms with Crippen molar-refractivity contribution in [1.82, 2.24) is 9.80 Å². The molecule has 1 aliphatic heterocycles. The van der Waals surface area contributed by atoms with E-state index in [0.717, 1.165) is 17.7 Å². The Balaban J connectivity index is 1.51. The molecule has 0 aromatic heterocycles. The lowest BCUT2D eigenvalue weighted by Gasteiger charge is -2.27. The quantitative estimate of drug-likeness (QED) is 0.585. The Labute approximate surface area is 200 Å². The number of rotatable bonds is 8. The van der Waals surface area contributed by atoms with Gasteiger partial charge in [0.1, 0.15) is 5.75 Å². The molecule has 1 saturated heterocycles. The molecule has 2 amide bonds. The molecule has 0 aliphatic carbocycles. The highest BCUT2D eigenvalue weighted by atomic mass is 32.2. The lowest BCUT2D eigenvalue weighted by Crippen LogP contribution is -2.44. The number of carbonyl (C=O) groups excluding carboxylic acids is 2. The van der Waals surface area contributed by atoms with Gasteiger partial charge in [0.25, 0.3) is 0 Å². The second-order valence-electron chi connectivity index (χ2n) is 8.36. The van der Waals surface area contributed by atoms with Crippen LogP contribution in [0.3, 0.4) is 0 Å². The summed E-state index contributed by atoms with van der Waals surface area (Å²) in [6.45, 7) is 4.29. The van der Waals surface area contributed by atoms with E-state index in [9.17, 15) is 18.0 Å². The van der Waals surface area contributed by atoms with Crippen LogP contribution >= 0.6 is 0 Å². The maximum absolute atomic E-state index is 12.8. The molecule has 0 radical (unpaired) electrons. The minimum atomic E-state index is -3.85. The van der Waals surface area contributed by atoms with Crippen LogP contribution in [-0.2, 0) is 26.0 Å². The van der Waals surface area contributed by atoms with Crippen molar-refractivity contribution in [3.05, 3.63) is 54.1 Å². The standard InChI is InChI=1S/C24H32N4O5S/c1-18(24(30)26-20-5-3-6-22(17-20)34(25,31)32)27-13-4-14-28(16-15-27)23(29)12-9-19-7-10-21(33-2)11-8-19/h3,5-8,10-11,17-18H,4,9,12-16H2,1-2H3,(H,26,30)(H2,25,31,32). The average Bonchev–Trinajstić information content (AvgIpc) is 3.08. The largest absolute Gasteiger partial charge is 0.497 e. The molecular formula is C24H32N4O5S. The van der Waals surface area contributed by atoms with E-state index >= 15 is 0 Å². The van der Waals surface area contributed by atoms with Crippen LogP contribution in [0.4, 0.5) is 5.69 Å². The molecule has 9 nitrogen and oxygen atoms in total. The number of primary sulfonamides is 1. The molecule has 1 heterocycles. The number of carbonyl (C=O) groups is 2. The highest BCUT2D eigenvalue weighted by molar-refractivity contribution is 7.89. The van der Waals surface area contributed by atoms with Crippen LogP contribution in [0.1, 0.15) is 25.3 Å². The molecule has 184 valence electrons. The first-order valence-corrected chi connectivity index (χ1v) is 12.8. The summed E-state index contributed by atoms with van der Waals surface area (Å²) in [5.41, 5.74) is 1.45. The first-order valence-electron chi connectivity index (χ1n) is 11.3. The zero-order valence-electron chi connectivity index (χ0n) is 19.6. The fourth-order valence-electron chi connectivity index (χ4n) is 3.94. The fraction of sp³-hybridized carbons (Fsp3) is 0.417. The molecule has 1 atom stereocenters. The summed E-state index contributed by atoms with van der Waals surface area (Å²) in [5, 5.41) is 7.93. The Morgan fingerprint density at radius 3 is 2.50 bits per heavy atom. The van der Waals surface area contributed by atoms with Gasteiger partial charge in [0, 0.05) is 38.3 Å². The van der Waals surface area contributed by atoms with Crippen LogP contribution in [0.5, 0.6) is 5.75 Å². The van der Waals surface area contributed by atoms with Crippen molar-refractivity contribution in [1.29, 1.82) is 0 Å². The maximum Gasteiger partial charge on any atom is 0.241 e. The van der Waals surface area contributed by atoms with E-state index in [-0.39, 0.29) is 16.7 Å². The van der Waals surface area contributed by atoms with Gasteiger partial charge < -0.3 is 15.0 Å². The molecule has 2 aromatic carbocycles. The van der Waals surface area contributed by atoms with E-state index in [2.05, 4.69) is 5.32 Å². The van der Waals surface area contributed by atoms with E-state index in [1.54, 1.807) is 20.1 Å². The normalized spacial score (nSPS) is 15.9. The summed E-state index contributed by atoms with van der Waals surface area (Å²) in [7, 11) is -2.23. The molecule has 3 N–H and O–H groups in total. The molecule has 0 spiro atoms. The van der Waals surface area contributed by atoms with Gasteiger partial charge in [-0.15, -0.1) is 0 Å². The van der Waals surface area contributed by atoms with E-state index < -0.39 is 16.1 Å². The lowest BCUT2D eigenvalue weighted by atomic mass is 10.1. The summed E-state index contributed by atoms with van der Waals surface area (Å²) in [6.07, 6.45) is 1.87. The van der Waals surface area contributed by atoms with Crippen molar-refractivity contribution < 1.29 is 22.7 Å².